The monoisotopic (exact) mass is 338 g/mol. The fraction of sp³-hybridized carbons (Fsp3) is 0.429. The Bertz CT molecular complexity index is 550. The van der Waals surface area contributed by atoms with Crippen molar-refractivity contribution in [1.29, 1.82) is 0 Å². The summed E-state index contributed by atoms with van der Waals surface area (Å²) >= 11 is 0. The van der Waals surface area contributed by atoms with Gasteiger partial charge in [-0.05, 0) is 0 Å². The molecule has 0 aliphatic carbocycles. The molecule has 10 heteroatoms. The fourth-order valence-corrected chi connectivity index (χ4v) is 2.07. The topological polar surface area (TPSA) is 99.7 Å². The Labute approximate surface area is 138 Å². The van der Waals surface area contributed by atoms with E-state index >= 15 is 0 Å². The number of ether oxygens (including phenoxy) is 2. The molecule has 0 aromatic rings. The first-order chi connectivity index (χ1) is 11.3. The quantitative estimate of drug-likeness (QED) is 0.341. The molecule has 0 atom stereocenters. The average molecular weight is 338 g/mol. The van der Waals surface area contributed by atoms with Crippen LogP contribution in [0.1, 0.15) is 0 Å². The first-order valence-corrected chi connectivity index (χ1v) is 7.08. The van der Waals surface area contributed by atoms with Crippen LogP contribution in [0.5, 0.6) is 0 Å². The molecule has 10 nitrogen and oxygen atoms in total. The van der Waals surface area contributed by atoms with Gasteiger partial charge in [0.15, 0.2) is 0 Å². The van der Waals surface area contributed by atoms with Crippen LogP contribution in [-0.2, 0) is 28.7 Å². The Kier molecular flexibility index (Phi) is 5.40. The Morgan fingerprint density at radius 2 is 1.12 bits per heavy atom. The maximum absolute atomic E-state index is 11.6. The van der Waals surface area contributed by atoms with Gasteiger partial charge in [0.05, 0.1) is 13.3 Å². The zero-order valence-corrected chi connectivity index (χ0v) is 13.4. The lowest BCUT2D eigenvalue weighted by atomic mass is 10.5. The molecule has 0 bridgehead atoms. The molecular formula is C14H18N4O6. The highest BCUT2D eigenvalue weighted by Gasteiger charge is 2.26. The SMILES string of the molecule is CN1C=CN(CC(=O)OC(=O)C(=O)OC(=O)CN2C=CN(C)C2)C1. The van der Waals surface area contributed by atoms with Crippen LogP contribution in [0.25, 0.3) is 0 Å². The van der Waals surface area contributed by atoms with Crippen LogP contribution in [-0.4, -0.2) is 84.0 Å². The zero-order valence-electron chi connectivity index (χ0n) is 13.4. The van der Waals surface area contributed by atoms with Gasteiger partial charge in [-0.1, -0.05) is 0 Å². The third-order valence-corrected chi connectivity index (χ3v) is 3.12. The molecule has 0 saturated heterocycles. The summed E-state index contributed by atoms with van der Waals surface area (Å²) in [6.45, 7) is 0.533. The van der Waals surface area contributed by atoms with Gasteiger partial charge >= 0.3 is 23.9 Å². The van der Waals surface area contributed by atoms with Crippen molar-refractivity contribution in [3.63, 3.8) is 0 Å². The zero-order chi connectivity index (χ0) is 17.7. The fourth-order valence-electron chi connectivity index (χ4n) is 2.07. The third-order valence-electron chi connectivity index (χ3n) is 3.12. The molecule has 0 spiro atoms. The van der Waals surface area contributed by atoms with E-state index in [1.54, 1.807) is 34.6 Å². The van der Waals surface area contributed by atoms with E-state index in [2.05, 4.69) is 9.47 Å². The number of rotatable bonds is 4. The third kappa shape index (κ3) is 5.00. The van der Waals surface area contributed by atoms with Gasteiger partial charge < -0.3 is 29.1 Å². The van der Waals surface area contributed by atoms with Crippen molar-refractivity contribution in [1.82, 2.24) is 19.6 Å². The van der Waals surface area contributed by atoms with Crippen LogP contribution in [0.3, 0.4) is 0 Å². The van der Waals surface area contributed by atoms with Gasteiger partial charge in [0.25, 0.3) is 0 Å². The number of carbonyl (C=O) groups excluding carboxylic acids is 4. The van der Waals surface area contributed by atoms with E-state index in [0.29, 0.717) is 13.3 Å². The molecule has 2 heterocycles. The van der Waals surface area contributed by atoms with Crippen molar-refractivity contribution >= 4 is 23.9 Å². The van der Waals surface area contributed by atoms with Crippen LogP contribution in [0.4, 0.5) is 0 Å². The molecule has 0 saturated carbocycles. The van der Waals surface area contributed by atoms with Crippen LogP contribution in [0.15, 0.2) is 24.8 Å². The molecular weight excluding hydrogens is 320 g/mol. The second kappa shape index (κ2) is 7.49. The molecule has 0 unspecified atom stereocenters. The van der Waals surface area contributed by atoms with Crippen molar-refractivity contribution in [3.05, 3.63) is 24.8 Å². The first kappa shape index (κ1) is 17.3. The van der Waals surface area contributed by atoms with Crippen LogP contribution < -0.4 is 0 Å². The Balaban J connectivity index is 1.70. The maximum Gasteiger partial charge on any atom is 0.425 e. The van der Waals surface area contributed by atoms with Gasteiger partial charge in [-0.15, -0.1) is 0 Å². The maximum atomic E-state index is 11.6. The van der Waals surface area contributed by atoms with Crippen LogP contribution >= 0.6 is 0 Å². The summed E-state index contributed by atoms with van der Waals surface area (Å²) < 4.78 is 8.73. The summed E-state index contributed by atoms with van der Waals surface area (Å²) in [6, 6.07) is 0. The smallest absolute Gasteiger partial charge is 0.383 e. The molecule has 0 N–H and O–H groups in total. The van der Waals surface area contributed by atoms with Crippen LogP contribution in [0.2, 0.25) is 0 Å². The number of hydrogen-bond acceptors (Lipinski definition) is 10. The molecule has 130 valence electrons. The van der Waals surface area contributed by atoms with E-state index in [1.807, 2.05) is 23.9 Å². The van der Waals surface area contributed by atoms with Crippen molar-refractivity contribution in [3.8, 4) is 0 Å². The number of carbonyl (C=O) groups is 4. The highest BCUT2D eigenvalue weighted by molar-refractivity contribution is 6.33. The van der Waals surface area contributed by atoms with E-state index in [9.17, 15) is 19.2 Å². The largest absolute Gasteiger partial charge is 0.425 e. The normalized spacial score (nSPS) is 15.9. The Morgan fingerprint density at radius 1 is 0.750 bits per heavy atom. The van der Waals surface area contributed by atoms with Crippen molar-refractivity contribution < 1.29 is 28.7 Å². The summed E-state index contributed by atoms with van der Waals surface area (Å²) in [6.07, 6.45) is 6.78. The lowest BCUT2D eigenvalue weighted by Crippen LogP contribution is -2.35. The molecule has 0 aromatic carbocycles. The van der Waals surface area contributed by atoms with Crippen molar-refractivity contribution in [2.75, 3.05) is 40.5 Å². The van der Waals surface area contributed by atoms with Gasteiger partial charge in [0.1, 0.15) is 13.1 Å². The van der Waals surface area contributed by atoms with E-state index < -0.39 is 23.9 Å². The first-order valence-electron chi connectivity index (χ1n) is 7.08. The highest BCUT2D eigenvalue weighted by atomic mass is 16.6. The predicted octanol–water partition coefficient (Wildman–Crippen LogP) is -1.52. The lowest BCUT2D eigenvalue weighted by Gasteiger charge is -2.17. The summed E-state index contributed by atoms with van der Waals surface area (Å²) in [4.78, 5) is 52.9. The minimum absolute atomic E-state index is 0.196. The molecule has 24 heavy (non-hydrogen) atoms. The van der Waals surface area contributed by atoms with E-state index in [1.165, 1.54) is 0 Å². The van der Waals surface area contributed by atoms with Gasteiger partial charge in [-0.2, -0.15) is 0 Å². The Morgan fingerprint density at radius 3 is 1.42 bits per heavy atom. The van der Waals surface area contributed by atoms with Crippen molar-refractivity contribution in [2.45, 2.75) is 0 Å². The van der Waals surface area contributed by atoms with Gasteiger partial charge in [0.2, 0.25) is 0 Å². The predicted molar refractivity (Wildman–Crippen MR) is 79.2 cm³/mol. The molecule has 0 fully saturated rings. The average Bonchev–Trinajstić information content (AvgIpc) is 3.07. The minimum atomic E-state index is -1.51. The molecule has 0 amide bonds. The van der Waals surface area contributed by atoms with E-state index in [4.69, 9.17) is 0 Å². The summed E-state index contributed by atoms with van der Waals surface area (Å²) in [5.41, 5.74) is 0. The molecule has 2 rings (SSSR count). The van der Waals surface area contributed by atoms with E-state index in [-0.39, 0.29) is 13.1 Å². The number of hydrogen-bond donors (Lipinski definition) is 0. The molecule has 2 aliphatic rings. The van der Waals surface area contributed by atoms with Gasteiger partial charge in [-0.25, -0.2) is 19.2 Å². The molecule has 2 aliphatic heterocycles. The lowest BCUT2D eigenvalue weighted by molar-refractivity contribution is -0.177. The van der Waals surface area contributed by atoms with Gasteiger partial charge in [-0.3, -0.25) is 0 Å². The highest BCUT2D eigenvalue weighted by Crippen LogP contribution is 2.04. The number of nitrogens with zero attached hydrogens (tertiary/aromatic N) is 4. The standard InChI is InChI=1S/C14H18N4O6/c1-15-3-5-17(9-15)7-11(19)23-13(21)14(22)24-12(20)8-18-6-4-16(2)10-18/h3-6H,7-10H2,1-2H3. The summed E-state index contributed by atoms with van der Waals surface area (Å²) in [7, 11) is 3.62. The number of esters is 4. The second-order valence-electron chi connectivity index (χ2n) is 5.41. The van der Waals surface area contributed by atoms with Gasteiger partial charge in [0, 0.05) is 38.9 Å². The summed E-state index contributed by atoms with van der Waals surface area (Å²) in [5, 5.41) is 0. The molecule has 0 aromatic heterocycles. The Hall–Kier alpha value is -3.04. The van der Waals surface area contributed by atoms with Crippen molar-refractivity contribution in [2.24, 2.45) is 0 Å². The minimum Gasteiger partial charge on any atom is -0.383 e. The second-order valence-corrected chi connectivity index (χ2v) is 5.41. The van der Waals surface area contributed by atoms with Crippen LogP contribution in [0, 0.1) is 0 Å². The molecule has 0 radical (unpaired) electrons. The van der Waals surface area contributed by atoms with E-state index in [0.717, 1.165) is 0 Å². The summed E-state index contributed by atoms with van der Waals surface area (Å²) in [5.74, 6) is -4.85.